The minimum atomic E-state index is -4.51. The number of nitrogens with one attached hydrogen (secondary N) is 2. The molecule has 0 bridgehead atoms. The number of hydrogen-bond acceptors (Lipinski definition) is 8. The Kier molecular flexibility index (Phi) is 10.2. The molecule has 0 spiro atoms. The van der Waals surface area contributed by atoms with Crippen LogP contribution in [0.1, 0.15) is 36.4 Å². The standard InChI is InChI=1S/C30H36F3N5O7S/c1-17-14-38(18(2)16-39)27(40)13-21-12-24(36-46(42,43)28-19(3)35-45-20(28)4)10-11-25(21)44-26(17)15-37(5)29(41)34-23-8-6-22(7-9-23)30(31,32)33/h6-12,17-18,26,36,39H,13-16H2,1-5H3,(H,34,41)/t17-,18-,26+/m0/s1. The third-order valence-electron chi connectivity index (χ3n) is 7.67. The SMILES string of the molecule is Cc1noc(C)c1S(=O)(=O)Nc1ccc2c(c1)CC(=O)N([C@@H](C)CO)C[C@H](C)[C@@H](CN(C)C(=O)Nc1ccc(C(F)(F)F)cc1)O2. The lowest BCUT2D eigenvalue weighted by atomic mass is 10.0. The molecular weight excluding hydrogens is 631 g/mol. The third-order valence-corrected chi connectivity index (χ3v) is 9.29. The van der Waals surface area contributed by atoms with Crippen LogP contribution >= 0.6 is 0 Å². The molecule has 0 aliphatic carbocycles. The number of rotatable bonds is 8. The minimum Gasteiger partial charge on any atom is -0.488 e. The fourth-order valence-electron chi connectivity index (χ4n) is 5.09. The molecule has 0 radical (unpaired) electrons. The summed E-state index contributed by atoms with van der Waals surface area (Å²) >= 11 is 0. The van der Waals surface area contributed by atoms with Gasteiger partial charge >= 0.3 is 12.2 Å². The highest BCUT2D eigenvalue weighted by Gasteiger charge is 2.33. The largest absolute Gasteiger partial charge is 0.488 e. The van der Waals surface area contributed by atoms with Crippen LogP contribution in [0, 0.1) is 19.8 Å². The second-order valence-corrected chi connectivity index (χ2v) is 13.0. The Morgan fingerprint density at radius 3 is 2.41 bits per heavy atom. The van der Waals surface area contributed by atoms with Crippen LogP contribution in [0.15, 0.2) is 51.9 Å². The molecule has 3 amide bonds. The van der Waals surface area contributed by atoms with Crippen molar-refractivity contribution in [2.75, 3.05) is 36.8 Å². The van der Waals surface area contributed by atoms with E-state index in [0.29, 0.717) is 11.3 Å². The zero-order chi connectivity index (χ0) is 34.0. The second kappa shape index (κ2) is 13.6. The molecule has 0 unspecified atom stereocenters. The highest BCUT2D eigenvalue weighted by atomic mass is 32.2. The van der Waals surface area contributed by atoms with Crippen LogP contribution in [0.25, 0.3) is 0 Å². The molecule has 3 aromatic rings. The van der Waals surface area contributed by atoms with E-state index in [9.17, 15) is 36.3 Å². The number of fused-ring (bicyclic) bond motifs is 1. The number of ether oxygens (including phenoxy) is 1. The van der Waals surface area contributed by atoms with Gasteiger partial charge in [-0.1, -0.05) is 12.1 Å². The molecule has 0 saturated carbocycles. The molecule has 0 saturated heterocycles. The molecule has 16 heteroatoms. The first kappa shape index (κ1) is 34.6. The number of urea groups is 1. The fraction of sp³-hybridized carbons (Fsp3) is 0.433. The Hall–Kier alpha value is -4.31. The molecule has 1 aliphatic rings. The number of aliphatic hydroxyl groups excluding tert-OH is 1. The lowest BCUT2D eigenvalue weighted by Crippen LogP contribution is -2.48. The maximum Gasteiger partial charge on any atom is 0.416 e. The zero-order valence-electron chi connectivity index (χ0n) is 25.9. The first-order valence-corrected chi connectivity index (χ1v) is 15.8. The lowest BCUT2D eigenvalue weighted by molar-refractivity contribution is -0.137. The number of aliphatic hydroxyl groups is 1. The van der Waals surface area contributed by atoms with Crippen molar-refractivity contribution >= 4 is 33.3 Å². The Labute approximate surface area is 264 Å². The smallest absolute Gasteiger partial charge is 0.416 e. The van der Waals surface area contributed by atoms with E-state index in [4.69, 9.17) is 9.26 Å². The van der Waals surface area contributed by atoms with Crippen molar-refractivity contribution in [1.29, 1.82) is 0 Å². The average Bonchev–Trinajstić information content (AvgIpc) is 3.35. The molecule has 250 valence electrons. The molecule has 2 heterocycles. The maximum atomic E-state index is 13.5. The molecular formula is C30H36F3N5O7S. The van der Waals surface area contributed by atoms with Crippen LogP contribution in [-0.4, -0.2) is 79.3 Å². The Morgan fingerprint density at radius 1 is 1.17 bits per heavy atom. The summed E-state index contributed by atoms with van der Waals surface area (Å²) in [7, 11) is -2.59. The van der Waals surface area contributed by atoms with E-state index < -0.39 is 39.9 Å². The highest BCUT2D eigenvalue weighted by molar-refractivity contribution is 7.92. The van der Waals surface area contributed by atoms with Gasteiger partial charge in [0.25, 0.3) is 10.0 Å². The Bertz CT molecular complexity index is 1660. The molecule has 3 atom stereocenters. The number of aromatic nitrogens is 1. The highest BCUT2D eigenvalue weighted by Crippen LogP contribution is 2.32. The number of benzene rings is 2. The summed E-state index contributed by atoms with van der Waals surface area (Å²) in [4.78, 5) is 29.2. The van der Waals surface area contributed by atoms with Crippen molar-refractivity contribution in [2.45, 2.75) is 57.3 Å². The third kappa shape index (κ3) is 7.91. The topological polar surface area (TPSA) is 154 Å². The lowest BCUT2D eigenvalue weighted by Gasteiger charge is -2.34. The van der Waals surface area contributed by atoms with Crippen molar-refractivity contribution in [3.05, 3.63) is 65.0 Å². The van der Waals surface area contributed by atoms with Crippen LogP contribution in [0.5, 0.6) is 5.75 Å². The summed E-state index contributed by atoms with van der Waals surface area (Å²) in [5.41, 5.74) is 0.0342. The number of hydrogen-bond donors (Lipinski definition) is 3. The van der Waals surface area contributed by atoms with Crippen LogP contribution in [0.4, 0.5) is 29.3 Å². The summed E-state index contributed by atoms with van der Waals surface area (Å²) in [6.45, 7) is 6.39. The van der Waals surface area contributed by atoms with Crippen molar-refractivity contribution in [3.63, 3.8) is 0 Å². The van der Waals surface area contributed by atoms with Gasteiger partial charge in [0.2, 0.25) is 5.91 Å². The minimum absolute atomic E-state index is 0.0169. The van der Waals surface area contributed by atoms with Gasteiger partial charge in [0.1, 0.15) is 17.5 Å². The van der Waals surface area contributed by atoms with Gasteiger partial charge in [0.15, 0.2) is 10.7 Å². The number of likely N-dealkylation sites (N-methyl/N-ethyl adjacent to an activating group) is 1. The van der Waals surface area contributed by atoms with Crippen molar-refractivity contribution in [3.8, 4) is 5.75 Å². The van der Waals surface area contributed by atoms with Crippen LogP contribution in [0.2, 0.25) is 0 Å². The Morgan fingerprint density at radius 2 is 1.83 bits per heavy atom. The molecule has 0 fully saturated rings. The number of carbonyl (C=O) groups is 2. The van der Waals surface area contributed by atoms with Crippen LogP contribution in [0.3, 0.4) is 0 Å². The number of nitrogens with zero attached hydrogens (tertiary/aromatic N) is 3. The van der Waals surface area contributed by atoms with E-state index in [2.05, 4.69) is 15.2 Å². The number of sulfonamides is 1. The van der Waals surface area contributed by atoms with Crippen molar-refractivity contribution in [2.24, 2.45) is 5.92 Å². The van der Waals surface area contributed by atoms with E-state index in [-0.39, 0.29) is 65.7 Å². The Balaban J connectivity index is 1.60. The van der Waals surface area contributed by atoms with Crippen molar-refractivity contribution < 1.29 is 45.5 Å². The number of anilines is 2. The molecule has 1 aromatic heterocycles. The quantitative estimate of drug-likeness (QED) is 0.319. The predicted octanol–water partition coefficient (Wildman–Crippen LogP) is 4.42. The van der Waals surface area contributed by atoms with Crippen LogP contribution in [-0.2, 0) is 27.4 Å². The molecule has 1 aliphatic heterocycles. The number of alkyl halides is 3. The van der Waals surface area contributed by atoms with Gasteiger partial charge in [0, 0.05) is 36.4 Å². The fourth-order valence-corrected chi connectivity index (χ4v) is 6.47. The number of aryl methyl sites for hydroxylation is 2. The van der Waals surface area contributed by atoms with E-state index >= 15 is 0 Å². The molecule has 46 heavy (non-hydrogen) atoms. The zero-order valence-corrected chi connectivity index (χ0v) is 26.7. The monoisotopic (exact) mass is 667 g/mol. The summed E-state index contributed by atoms with van der Waals surface area (Å²) in [6, 6.07) is 7.39. The van der Waals surface area contributed by atoms with E-state index in [1.54, 1.807) is 6.92 Å². The number of amides is 3. The van der Waals surface area contributed by atoms with Gasteiger partial charge < -0.3 is 29.5 Å². The first-order valence-electron chi connectivity index (χ1n) is 14.3. The summed E-state index contributed by atoms with van der Waals surface area (Å²) in [6.07, 6.45) is -5.36. The van der Waals surface area contributed by atoms with Gasteiger partial charge in [-0.15, -0.1) is 0 Å². The number of carbonyl (C=O) groups excluding carboxylic acids is 2. The maximum absolute atomic E-state index is 13.5. The van der Waals surface area contributed by atoms with Crippen LogP contribution < -0.4 is 14.8 Å². The normalized spacial score (nSPS) is 18.0. The van der Waals surface area contributed by atoms with Gasteiger partial charge in [0.05, 0.1) is 31.2 Å². The molecule has 3 N–H and O–H groups in total. The van der Waals surface area contributed by atoms with Gasteiger partial charge in [-0.05, 0) is 63.2 Å². The summed E-state index contributed by atoms with van der Waals surface area (Å²) < 4.78 is 78.9. The first-order chi connectivity index (χ1) is 21.5. The van der Waals surface area contributed by atoms with Gasteiger partial charge in [-0.2, -0.15) is 13.2 Å². The van der Waals surface area contributed by atoms with Gasteiger partial charge in [-0.25, -0.2) is 13.2 Å². The average molecular weight is 668 g/mol. The van der Waals surface area contributed by atoms with Crippen molar-refractivity contribution in [1.82, 2.24) is 15.0 Å². The van der Waals surface area contributed by atoms with Gasteiger partial charge in [-0.3, -0.25) is 9.52 Å². The molecule has 2 aromatic carbocycles. The van der Waals surface area contributed by atoms with E-state index in [1.807, 2.05) is 6.92 Å². The van der Waals surface area contributed by atoms with E-state index in [1.165, 1.54) is 48.9 Å². The summed E-state index contributed by atoms with van der Waals surface area (Å²) in [5.74, 6) is -0.273. The summed E-state index contributed by atoms with van der Waals surface area (Å²) in [5, 5.41) is 16.1. The molecule has 12 nitrogen and oxygen atoms in total. The molecule has 4 rings (SSSR count). The van der Waals surface area contributed by atoms with E-state index in [0.717, 1.165) is 24.3 Å². The predicted molar refractivity (Wildman–Crippen MR) is 162 cm³/mol. The second-order valence-electron chi connectivity index (χ2n) is 11.4. The number of halogens is 3.